The molecule has 0 radical (unpaired) electrons. The molecule has 142 valence electrons. The summed E-state index contributed by atoms with van der Waals surface area (Å²) in [6.45, 7) is 2.20. The molecule has 2 N–H and O–H groups in total. The fourth-order valence-electron chi connectivity index (χ4n) is 2.66. The number of hydrogen-bond acceptors (Lipinski definition) is 5. The van der Waals surface area contributed by atoms with Gasteiger partial charge in [0.25, 0.3) is 0 Å². The summed E-state index contributed by atoms with van der Waals surface area (Å²) >= 11 is 0. The first-order valence-electron chi connectivity index (χ1n) is 8.06. The lowest BCUT2D eigenvalue weighted by atomic mass is 10.2. The number of nitrogens with zero attached hydrogens (tertiary/aromatic N) is 1. The molecule has 7 nitrogen and oxygen atoms in total. The predicted molar refractivity (Wildman–Crippen MR) is 109 cm³/mol. The van der Waals surface area contributed by atoms with Crippen LogP contribution in [-0.2, 0) is 11.3 Å². The summed E-state index contributed by atoms with van der Waals surface area (Å²) in [5.74, 6) is 2.59. The number of rotatable bonds is 7. The van der Waals surface area contributed by atoms with Gasteiger partial charge in [0.05, 0.1) is 27.4 Å². The summed E-state index contributed by atoms with van der Waals surface area (Å²) in [5.41, 5.74) is 1.00. The molecule has 0 bridgehead atoms. The van der Waals surface area contributed by atoms with E-state index in [1.165, 1.54) is 0 Å². The van der Waals surface area contributed by atoms with Crippen molar-refractivity contribution in [1.29, 1.82) is 0 Å². The maximum atomic E-state index is 5.60. The molecule has 1 atom stereocenters. The van der Waals surface area contributed by atoms with Gasteiger partial charge in [-0.3, -0.25) is 4.99 Å². The van der Waals surface area contributed by atoms with E-state index in [1.54, 1.807) is 28.4 Å². The number of ether oxygens (including phenoxy) is 4. The average molecular weight is 465 g/mol. The van der Waals surface area contributed by atoms with Crippen LogP contribution in [0.5, 0.6) is 17.2 Å². The number of methoxy groups -OCH3 is 3. The lowest BCUT2D eigenvalue weighted by Crippen LogP contribution is -2.40. The third-order valence-corrected chi connectivity index (χ3v) is 3.93. The van der Waals surface area contributed by atoms with E-state index in [2.05, 4.69) is 15.6 Å². The van der Waals surface area contributed by atoms with E-state index in [-0.39, 0.29) is 30.1 Å². The number of guanidine groups is 1. The molecule has 1 saturated heterocycles. The van der Waals surface area contributed by atoms with Gasteiger partial charge in [-0.2, -0.15) is 0 Å². The first-order valence-corrected chi connectivity index (χ1v) is 8.06. The zero-order valence-corrected chi connectivity index (χ0v) is 17.6. The number of aliphatic imine (C=N–C) groups is 1. The fourth-order valence-corrected chi connectivity index (χ4v) is 2.66. The molecule has 1 aliphatic rings. The molecule has 1 aromatic carbocycles. The quantitative estimate of drug-likeness (QED) is 0.366. The van der Waals surface area contributed by atoms with Gasteiger partial charge >= 0.3 is 0 Å². The predicted octanol–water partition coefficient (Wildman–Crippen LogP) is 2.17. The van der Waals surface area contributed by atoms with Crippen LogP contribution in [0.15, 0.2) is 17.1 Å². The topological polar surface area (TPSA) is 73.3 Å². The van der Waals surface area contributed by atoms with Crippen molar-refractivity contribution in [3.8, 4) is 17.2 Å². The van der Waals surface area contributed by atoms with Gasteiger partial charge in [-0.1, -0.05) is 0 Å². The number of nitrogens with one attached hydrogen (secondary N) is 2. The number of halogens is 1. The van der Waals surface area contributed by atoms with E-state index in [0.29, 0.717) is 23.8 Å². The van der Waals surface area contributed by atoms with Crippen LogP contribution in [0.4, 0.5) is 0 Å². The Hall–Kier alpha value is -1.42. The third-order valence-electron chi connectivity index (χ3n) is 3.93. The molecule has 0 aliphatic carbocycles. The van der Waals surface area contributed by atoms with Crippen molar-refractivity contribution in [1.82, 2.24) is 10.6 Å². The van der Waals surface area contributed by atoms with Crippen LogP contribution < -0.4 is 24.8 Å². The van der Waals surface area contributed by atoms with Gasteiger partial charge in [0.15, 0.2) is 17.5 Å². The van der Waals surface area contributed by atoms with Crippen LogP contribution in [0, 0.1) is 0 Å². The summed E-state index contributed by atoms with van der Waals surface area (Å²) in [4.78, 5) is 4.23. The molecule has 1 aliphatic heterocycles. The zero-order chi connectivity index (χ0) is 17.4. The molecular formula is C17H28IN3O4. The number of hydrogen-bond donors (Lipinski definition) is 2. The Bertz CT molecular complexity index is 538. The monoisotopic (exact) mass is 465 g/mol. The van der Waals surface area contributed by atoms with E-state index in [4.69, 9.17) is 18.9 Å². The minimum atomic E-state index is 0. The van der Waals surface area contributed by atoms with Crippen molar-refractivity contribution in [2.24, 2.45) is 4.99 Å². The van der Waals surface area contributed by atoms with Crippen molar-refractivity contribution in [3.05, 3.63) is 17.7 Å². The lowest BCUT2D eigenvalue weighted by Gasteiger charge is -2.17. The van der Waals surface area contributed by atoms with E-state index in [9.17, 15) is 0 Å². The second-order valence-electron chi connectivity index (χ2n) is 5.48. The second kappa shape index (κ2) is 11.2. The Morgan fingerprint density at radius 2 is 1.84 bits per heavy atom. The maximum absolute atomic E-state index is 5.60. The van der Waals surface area contributed by atoms with Gasteiger partial charge in [-0.15, -0.1) is 24.0 Å². The van der Waals surface area contributed by atoms with Crippen molar-refractivity contribution in [3.63, 3.8) is 0 Å². The van der Waals surface area contributed by atoms with Crippen LogP contribution >= 0.6 is 24.0 Å². The summed E-state index contributed by atoms with van der Waals surface area (Å²) in [6.07, 6.45) is 2.49. The smallest absolute Gasteiger partial charge is 0.203 e. The molecule has 0 spiro atoms. The third kappa shape index (κ3) is 6.10. The van der Waals surface area contributed by atoms with E-state index in [0.717, 1.165) is 37.5 Å². The van der Waals surface area contributed by atoms with Crippen LogP contribution in [0.1, 0.15) is 18.4 Å². The first kappa shape index (κ1) is 21.6. The first-order chi connectivity index (χ1) is 11.7. The van der Waals surface area contributed by atoms with Crippen molar-refractivity contribution in [2.45, 2.75) is 25.5 Å². The van der Waals surface area contributed by atoms with Crippen LogP contribution in [-0.4, -0.2) is 53.6 Å². The highest BCUT2D eigenvalue weighted by molar-refractivity contribution is 14.0. The average Bonchev–Trinajstić information content (AvgIpc) is 3.14. The second-order valence-corrected chi connectivity index (χ2v) is 5.48. The molecule has 8 heteroatoms. The van der Waals surface area contributed by atoms with Crippen molar-refractivity contribution < 1.29 is 18.9 Å². The van der Waals surface area contributed by atoms with E-state index >= 15 is 0 Å². The highest BCUT2D eigenvalue weighted by Crippen LogP contribution is 2.38. The molecule has 1 fully saturated rings. The normalized spacial score (nSPS) is 16.8. The Balaban J connectivity index is 0.00000312. The van der Waals surface area contributed by atoms with Gasteiger partial charge < -0.3 is 29.6 Å². The Morgan fingerprint density at radius 3 is 2.32 bits per heavy atom. The summed E-state index contributed by atoms with van der Waals surface area (Å²) in [6, 6.07) is 3.84. The molecule has 0 saturated carbocycles. The minimum Gasteiger partial charge on any atom is -0.493 e. The van der Waals surface area contributed by atoms with Gasteiger partial charge in [0, 0.05) is 26.7 Å². The summed E-state index contributed by atoms with van der Waals surface area (Å²) < 4.78 is 21.7. The summed E-state index contributed by atoms with van der Waals surface area (Å²) in [7, 11) is 6.56. The highest BCUT2D eigenvalue weighted by Gasteiger charge is 2.16. The van der Waals surface area contributed by atoms with E-state index < -0.39 is 0 Å². The highest BCUT2D eigenvalue weighted by atomic mass is 127. The molecule has 1 heterocycles. The largest absolute Gasteiger partial charge is 0.493 e. The molecule has 1 unspecified atom stereocenters. The van der Waals surface area contributed by atoms with Crippen LogP contribution in [0.3, 0.4) is 0 Å². The minimum absolute atomic E-state index is 0. The molecule has 0 amide bonds. The Morgan fingerprint density at radius 1 is 1.16 bits per heavy atom. The molecule has 25 heavy (non-hydrogen) atoms. The van der Waals surface area contributed by atoms with Gasteiger partial charge in [-0.05, 0) is 30.5 Å². The molecule has 2 rings (SSSR count). The van der Waals surface area contributed by atoms with Crippen LogP contribution in [0.25, 0.3) is 0 Å². The maximum Gasteiger partial charge on any atom is 0.203 e. The van der Waals surface area contributed by atoms with Crippen LogP contribution in [0.2, 0.25) is 0 Å². The zero-order valence-electron chi connectivity index (χ0n) is 15.3. The standard InChI is InChI=1S/C17H27N3O4.HI/c1-18-17(20-11-13-6-5-7-24-13)19-10-12-8-14(21-2)16(23-4)15(9-12)22-3;/h8-9,13H,5-7,10-11H2,1-4H3,(H2,18,19,20);1H. The molecule has 1 aromatic rings. The molecule has 0 aromatic heterocycles. The van der Waals surface area contributed by atoms with E-state index in [1.807, 2.05) is 12.1 Å². The lowest BCUT2D eigenvalue weighted by molar-refractivity contribution is 0.114. The Labute approximate surface area is 166 Å². The van der Waals surface area contributed by atoms with Gasteiger partial charge in [0.2, 0.25) is 5.75 Å². The van der Waals surface area contributed by atoms with Gasteiger partial charge in [-0.25, -0.2) is 0 Å². The fraction of sp³-hybridized carbons (Fsp3) is 0.588. The van der Waals surface area contributed by atoms with Gasteiger partial charge in [0.1, 0.15) is 0 Å². The van der Waals surface area contributed by atoms with Crippen molar-refractivity contribution >= 4 is 29.9 Å². The Kier molecular flexibility index (Phi) is 9.73. The molecular weight excluding hydrogens is 437 g/mol. The van der Waals surface area contributed by atoms with Crippen molar-refractivity contribution in [2.75, 3.05) is 41.5 Å². The number of benzene rings is 1. The summed E-state index contributed by atoms with van der Waals surface area (Å²) in [5, 5.41) is 6.57. The SMILES string of the molecule is CN=C(NCc1cc(OC)c(OC)c(OC)c1)NCC1CCCO1.I.